The molecule has 0 saturated heterocycles. The number of benzene rings is 1. The maximum Gasteiger partial charge on any atom is 0.351 e. The third-order valence-electron chi connectivity index (χ3n) is 4.11. The topological polar surface area (TPSA) is 96.3 Å². The molecule has 0 radical (unpaired) electrons. The first-order valence-corrected chi connectivity index (χ1v) is 7.67. The van der Waals surface area contributed by atoms with Crippen LogP contribution in [0.15, 0.2) is 53.6 Å². The Hall–Kier alpha value is -3.22. The smallest absolute Gasteiger partial charge is 0.351 e. The highest BCUT2D eigenvalue weighted by atomic mass is 16.5. The lowest BCUT2D eigenvalue weighted by Crippen LogP contribution is -2.48. The van der Waals surface area contributed by atoms with Crippen LogP contribution in [0.4, 0.5) is 4.79 Å². The zero-order valence-electron chi connectivity index (χ0n) is 13.5. The second-order valence-corrected chi connectivity index (χ2v) is 5.64. The van der Waals surface area contributed by atoms with Crippen LogP contribution in [0, 0.1) is 5.92 Å². The van der Waals surface area contributed by atoms with Gasteiger partial charge in [-0.15, -0.1) is 0 Å². The predicted octanol–water partition coefficient (Wildman–Crippen LogP) is 2.36. The third-order valence-corrected chi connectivity index (χ3v) is 4.11. The summed E-state index contributed by atoms with van der Waals surface area (Å²) in [4.78, 5) is 41.4. The number of hydrogen-bond donors (Lipinski definition) is 1. The van der Waals surface area contributed by atoms with E-state index >= 15 is 0 Å². The number of imide groups is 1. The van der Waals surface area contributed by atoms with E-state index in [0.29, 0.717) is 17.0 Å². The van der Waals surface area contributed by atoms with E-state index < -0.39 is 36.3 Å². The number of aliphatic carboxylic acids is 1. The normalized spacial score (nSPS) is 20.1. The van der Waals surface area contributed by atoms with E-state index in [4.69, 9.17) is 4.74 Å². The van der Waals surface area contributed by atoms with Gasteiger partial charge in [-0.1, -0.05) is 30.4 Å². The van der Waals surface area contributed by atoms with Crippen LogP contribution < -0.4 is 4.74 Å². The molecule has 128 valence electrons. The average molecular weight is 340 g/mol. The molecule has 7 heteroatoms. The summed E-state index contributed by atoms with van der Waals surface area (Å²) in [6.45, 7) is 0. The van der Waals surface area contributed by atoms with Crippen LogP contribution in [0.3, 0.4) is 0 Å². The van der Waals surface area contributed by atoms with Gasteiger partial charge >= 0.3 is 12.0 Å². The highest BCUT2D eigenvalue weighted by Gasteiger charge is 2.40. The minimum Gasteiger partial charge on any atom is -0.497 e. The number of ether oxygens (including phenoxy) is 1. The second kappa shape index (κ2) is 6.72. The molecule has 0 saturated carbocycles. The van der Waals surface area contributed by atoms with Gasteiger partial charge in [0.1, 0.15) is 5.75 Å². The minimum atomic E-state index is -1.12. The molecule has 0 aromatic heterocycles. The molecule has 3 amide bonds. The van der Waals surface area contributed by atoms with Crippen molar-refractivity contribution in [1.29, 1.82) is 0 Å². The Labute approximate surface area is 143 Å². The summed E-state index contributed by atoms with van der Waals surface area (Å²) in [6, 6.07) is 4.90. The van der Waals surface area contributed by atoms with E-state index in [-0.39, 0.29) is 0 Å². The number of amides is 3. The average Bonchev–Trinajstić information content (AvgIpc) is 2.60. The van der Waals surface area contributed by atoms with E-state index in [9.17, 15) is 19.5 Å². The fourth-order valence-electron chi connectivity index (χ4n) is 2.89. The maximum absolute atomic E-state index is 12.8. The summed E-state index contributed by atoms with van der Waals surface area (Å²) in [5.41, 5.74) is 0.899. The fourth-order valence-corrected chi connectivity index (χ4v) is 2.89. The lowest BCUT2D eigenvalue weighted by molar-refractivity contribution is -0.139. The molecule has 25 heavy (non-hydrogen) atoms. The van der Waals surface area contributed by atoms with Gasteiger partial charge in [0.25, 0.3) is 0 Å². The van der Waals surface area contributed by atoms with Crippen LogP contribution in [0.2, 0.25) is 0 Å². The summed E-state index contributed by atoms with van der Waals surface area (Å²) in [5, 5.41) is 9.25. The van der Waals surface area contributed by atoms with Crippen molar-refractivity contribution in [3.05, 3.63) is 54.1 Å². The van der Waals surface area contributed by atoms with Crippen molar-refractivity contribution in [1.82, 2.24) is 4.90 Å². The van der Waals surface area contributed by atoms with Crippen molar-refractivity contribution in [3.8, 4) is 5.75 Å². The molecule has 0 spiro atoms. The van der Waals surface area contributed by atoms with Gasteiger partial charge in [-0.2, -0.15) is 4.99 Å². The summed E-state index contributed by atoms with van der Waals surface area (Å²) >= 11 is 0. The SMILES string of the molecule is COc1ccc(C(CC(=O)O)N2C(=O)N=C3C=CC=CC3C2=O)cc1. The Bertz CT molecular complexity index is 807. The van der Waals surface area contributed by atoms with Crippen molar-refractivity contribution < 1.29 is 24.2 Å². The number of fused-ring (bicyclic) bond motifs is 1. The Kier molecular flexibility index (Phi) is 4.47. The summed E-state index contributed by atoms with van der Waals surface area (Å²) in [6.07, 6.45) is 6.25. The van der Waals surface area contributed by atoms with Crippen LogP contribution in [-0.4, -0.2) is 40.7 Å². The third kappa shape index (κ3) is 3.21. The zero-order valence-corrected chi connectivity index (χ0v) is 13.5. The molecule has 1 aromatic carbocycles. The Balaban J connectivity index is 2.00. The van der Waals surface area contributed by atoms with Crippen molar-refractivity contribution in [2.24, 2.45) is 10.9 Å². The van der Waals surface area contributed by atoms with Crippen LogP contribution in [0.5, 0.6) is 5.75 Å². The summed E-state index contributed by atoms with van der Waals surface area (Å²) in [5.74, 6) is -1.67. The summed E-state index contributed by atoms with van der Waals surface area (Å²) in [7, 11) is 1.51. The monoisotopic (exact) mass is 340 g/mol. The number of allylic oxidation sites excluding steroid dienone is 3. The van der Waals surface area contributed by atoms with Gasteiger partial charge in [0.05, 0.1) is 31.2 Å². The molecule has 2 aliphatic rings. The molecule has 1 heterocycles. The number of hydrogen-bond acceptors (Lipinski definition) is 4. The highest BCUT2D eigenvalue weighted by molar-refractivity contribution is 6.21. The molecular weight excluding hydrogens is 324 g/mol. The van der Waals surface area contributed by atoms with Gasteiger partial charge in [0, 0.05) is 0 Å². The number of carbonyl (C=O) groups excluding carboxylic acids is 2. The Morgan fingerprint density at radius 2 is 2.00 bits per heavy atom. The maximum atomic E-state index is 12.8. The number of carbonyl (C=O) groups is 3. The standard InChI is InChI=1S/C18H16N2O5/c1-25-12-8-6-11(7-9-12)15(10-16(21)22)20-17(23)13-4-2-3-5-14(13)19-18(20)24/h2-9,13,15H,10H2,1H3,(H,21,22). The summed E-state index contributed by atoms with van der Waals surface area (Å²) < 4.78 is 5.09. The lowest BCUT2D eigenvalue weighted by Gasteiger charge is -2.34. The quantitative estimate of drug-likeness (QED) is 0.887. The van der Waals surface area contributed by atoms with E-state index in [0.717, 1.165) is 4.90 Å². The fraction of sp³-hybridized carbons (Fsp3) is 0.222. The molecule has 3 rings (SSSR count). The molecule has 7 nitrogen and oxygen atoms in total. The molecule has 0 fully saturated rings. The van der Waals surface area contributed by atoms with Crippen LogP contribution in [0.1, 0.15) is 18.0 Å². The Morgan fingerprint density at radius 3 is 2.64 bits per heavy atom. The van der Waals surface area contributed by atoms with Gasteiger partial charge < -0.3 is 9.84 Å². The van der Waals surface area contributed by atoms with Gasteiger partial charge in [-0.25, -0.2) is 4.79 Å². The van der Waals surface area contributed by atoms with Gasteiger partial charge in [-0.3, -0.25) is 14.5 Å². The van der Waals surface area contributed by atoms with Crippen LogP contribution >= 0.6 is 0 Å². The van der Waals surface area contributed by atoms with Gasteiger partial charge in [0.15, 0.2) is 0 Å². The molecular formula is C18H16N2O5. The second-order valence-electron chi connectivity index (χ2n) is 5.64. The number of rotatable bonds is 5. The Morgan fingerprint density at radius 1 is 1.28 bits per heavy atom. The largest absolute Gasteiger partial charge is 0.497 e. The van der Waals surface area contributed by atoms with Crippen molar-refractivity contribution in [3.63, 3.8) is 0 Å². The lowest BCUT2D eigenvalue weighted by atomic mass is 9.93. The first-order chi connectivity index (χ1) is 12.0. The number of aliphatic imine (C=N–C) groups is 1. The van der Waals surface area contributed by atoms with Gasteiger partial charge in [-0.05, 0) is 23.8 Å². The molecule has 1 aliphatic carbocycles. The predicted molar refractivity (Wildman–Crippen MR) is 89.4 cm³/mol. The first-order valence-electron chi connectivity index (χ1n) is 7.67. The van der Waals surface area contributed by atoms with E-state index in [1.54, 1.807) is 48.6 Å². The van der Waals surface area contributed by atoms with Gasteiger partial charge in [0.2, 0.25) is 5.91 Å². The molecule has 2 unspecified atom stereocenters. The molecule has 1 aliphatic heterocycles. The molecule has 1 aromatic rings. The van der Waals surface area contributed by atoms with Crippen LogP contribution in [-0.2, 0) is 9.59 Å². The molecule has 0 bridgehead atoms. The van der Waals surface area contributed by atoms with Crippen molar-refractivity contribution in [2.75, 3.05) is 7.11 Å². The minimum absolute atomic E-state index is 0.373. The van der Waals surface area contributed by atoms with Crippen molar-refractivity contribution in [2.45, 2.75) is 12.5 Å². The van der Waals surface area contributed by atoms with Crippen molar-refractivity contribution >= 4 is 23.6 Å². The number of urea groups is 1. The number of carboxylic acids is 1. The van der Waals surface area contributed by atoms with Crippen LogP contribution in [0.25, 0.3) is 0 Å². The first kappa shape index (κ1) is 16.6. The number of nitrogens with zero attached hydrogens (tertiary/aromatic N) is 2. The molecule has 2 atom stereocenters. The van der Waals surface area contributed by atoms with E-state index in [1.807, 2.05) is 0 Å². The highest BCUT2D eigenvalue weighted by Crippen LogP contribution is 2.31. The zero-order chi connectivity index (χ0) is 18.0. The number of methoxy groups -OCH3 is 1. The van der Waals surface area contributed by atoms with E-state index in [1.165, 1.54) is 7.11 Å². The van der Waals surface area contributed by atoms with E-state index in [2.05, 4.69) is 4.99 Å². The molecule has 1 N–H and O–H groups in total. The number of carboxylic acid groups (broad SMARTS) is 1.